The van der Waals surface area contributed by atoms with Crippen molar-refractivity contribution in [2.24, 2.45) is 17.4 Å². The Kier molecular flexibility index (Phi) is 38.1. The minimum atomic E-state index is -2.00. The molecule has 41 nitrogen and oxygen atoms in total. The number of amides is 17. The molecule has 3 aromatic heterocycles. The van der Waals surface area contributed by atoms with Crippen molar-refractivity contribution in [1.29, 1.82) is 0 Å². The zero-order valence-electron chi connectivity index (χ0n) is 73.7. The number of hydrogen-bond donors (Lipinski definition) is 17. The Morgan fingerprint density at radius 2 is 1.06 bits per heavy atom. The average molecular weight is 1810 g/mol. The van der Waals surface area contributed by atoms with Crippen LogP contribution in [-0.4, -0.2) is 306 Å². The van der Waals surface area contributed by atoms with Crippen LogP contribution < -0.4 is 64.6 Å². The Hall–Kier alpha value is -13.3. The van der Waals surface area contributed by atoms with Gasteiger partial charge in [0, 0.05) is 112 Å². The summed E-state index contributed by atoms with van der Waals surface area (Å²) in [6.45, 7) is 5.71. The third-order valence-electron chi connectivity index (χ3n) is 22.5. The molecule has 2 aliphatic heterocycles. The number of likely N-dealkylation sites (N-methyl/N-ethyl adjacent to an activating group) is 4. The van der Waals surface area contributed by atoms with Crippen LogP contribution in [0.3, 0.4) is 0 Å². The van der Waals surface area contributed by atoms with Crippen molar-refractivity contribution in [1.82, 2.24) is 97.6 Å². The number of para-hydroxylation sites is 2. The van der Waals surface area contributed by atoms with Gasteiger partial charge in [-0.25, -0.2) is 4.98 Å². The molecule has 17 amide bonds. The molecule has 5 heterocycles. The highest BCUT2D eigenvalue weighted by atomic mass is 32.2. The van der Waals surface area contributed by atoms with Gasteiger partial charge >= 0.3 is 5.97 Å². The number of imidazole rings is 1. The summed E-state index contributed by atoms with van der Waals surface area (Å²) in [4.78, 5) is 278. The molecule has 42 heteroatoms. The van der Waals surface area contributed by atoms with Gasteiger partial charge < -0.3 is 114 Å². The van der Waals surface area contributed by atoms with E-state index in [2.05, 4.69) is 73.1 Å². The normalized spacial score (nSPS) is 23.8. The maximum atomic E-state index is 15.6. The number of aromatic nitrogens is 4. The van der Waals surface area contributed by atoms with Crippen LogP contribution in [0.1, 0.15) is 128 Å². The molecular formula is C87H119N21O20S. The summed E-state index contributed by atoms with van der Waals surface area (Å²) < 4.78 is 0. The molecule has 2 fully saturated rings. The number of fused-ring (bicyclic) bond motifs is 3. The van der Waals surface area contributed by atoms with Crippen LogP contribution in [-0.2, 0) is 112 Å². The molecule has 0 spiro atoms. The second-order valence-corrected chi connectivity index (χ2v) is 33.8. The third-order valence-corrected chi connectivity index (χ3v) is 23.6. The van der Waals surface area contributed by atoms with E-state index in [0.717, 1.165) is 24.5 Å². The summed E-state index contributed by atoms with van der Waals surface area (Å²) in [5, 5.41) is 48.4. The molecule has 13 atom stereocenters. The van der Waals surface area contributed by atoms with E-state index in [0.29, 0.717) is 75.2 Å². The van der Waals surface area contributed by atoms with E-state index >= 15 is 19.2 Å². The summed E-state index contributed by atoms with van der Waals surface area (Å²) in [5.41, 5.74) is 14.2. The number of unbranched alkanes of at least 4 members (excludes halogenated alkanes) is 2. The smallest absolute Gasteiger partial charge is 0.305 e. The van der Waals surface area contributed by atoms with Gasteiger partial charge in [0.25, 0.3) is 0 Å². The number of nitrogens with zero attached hydrogens (tertiary/aromatic N) is 6. The molecule has 0 saturated carbocycles. The number of primary amides is 2. The van der Waals surface area contributed by atoms with E-state index < -0.39 is 229 Å². The molecule has 0 unspecified atom stereocenters. The first-order valence-corrected chi connectivity index (χ1v) is 44.0. The number of H-pyrrole nitrogens is 3. The molecule has 698 valence electrons. The first kappa shape index (κ1) is 101. The summed E-state index contributed by atoms with van der Waals surface area (Å²) in [7, 11) is 5.09. The van der Waals surface area contributed by atoms with Crippen LogP contribution in [0.15, 0.2) is 104 Å². The lowest BCUT2D eigenvalue weighted by Gasteiger charge is -2.36. The SMILES string of the molecule is CCCC[C@H]1C(=O)N(C)[C@@H](CCCC)C(=O)N[C@@H](CC(=O)O)C(=O)N[C@H](C(=O)NCC(N)=O)CSCC(=O)N[C@@H](Cc2ccccc2)C(=O)N(C)[C@@H](C)C(=O)N[C@@H](CC(N)=O)C(=O)N2CCC[C@H]2C(=O)N[C@@H](Cc2cnc[nH]2)C(=O)N[C@@H](CC(C)C)C(=O)N(C)CC(=O)N[C@@H](Cc2c[nH]c3ccccc23)C(=O)N[C@@H](CO)C(=O)N[C@@H](Cc2c[nH]c3ccccc23)C(=O)N1C. The molecule has 129 heavy (non-hydrogen) atoms. The predicted octanol–water partition coefficient (Wildman–Crippen LogP) is -1.93. The first-order chi connectivity index (χ1) is 61.4. The molecule has 0 aliphatic carbocycles. The highest BCUT2D eigenvalue weighted by molar-refractivity contribution is 8.00. The number of aliphatic hydroxyl groups is 1. The standard InChI is InChI=1S/C87H119N21O20S/c1-10-12-28-67-81(122)98-60(38-74(114)115)79(120)103-66(76(117)93-42-71(89)111)45-129-46-73(113)96-62(33-50-22-15-14-16-23-50)84(125)105(7)49(5)75(116)99-64(37-70(88)110)86(127)108-31-21-30-68(108)82(123)97-59(36-53-41-90-47-94-53)78(119)100-61(32-48(3)4)83(124)104(6)43-72(112)95-58(34-51-39-91-56-26-19-17-24-54(51)56)77(118)102-65(44-109)80(121)101-63(35-52-40-92-57-27-20-18-25-55(52)57)85(126)107(9)69(29-13-11-2)87(128)106(67)8/h14-20,22-27,39-41,47-49,58-69,91-92,109H,10-13,21,28-38,42-46H2,1-9H3,(H2,88,110)(H2,89,111)(H,90,94)(H,93,117)(H,95,112)(H,96,113)(H,97,123)(H,98,122)(H,99,116)(H,100,119)(H,101,121)(H,102,118)(H,103,120)(H,114,115)/t49-,58-,59-,60-,61-,62-,63-,64-,65-,66-,67-,68-,69-/m0/s1. The molecule has 8 rings (SSSR count). The first-order valence-electron chi connectivity index (χ1n) is 42.8. The number of carbonyl (C=O) groups is 18. The number of carboxylic acids is 1. The zero-order chi connectivity index (χ0) is 94.5. The minimum absolute atomic E-state index is 0.00624. The number of aromatic amines is 3. The molecule has 3 aromatic carbocycles. The van der Waals surface area contributed by atoms with Gasteiger partial charge in [-0.1, -0.05) is 120 Å². The lowest BCUT2D eigenvalue weighted by Crippen LogP contribution is -2.61. The van der Waals surface area contributed by atoms with Crippen LogP contribution in [0, 0.1) is 5.92 Å². The van der Waals surface area contributed by atoms with E-state index in [9.17, 15) is 77.3 Å². The van der Waals surface area contributed by atoms with Crippen molar-refractivity contribution in [2.45, 2.75) is 209 Å². The van der Waals surface area contributed by atoms with E-state index in [4.69, 9.17) is 11.5 Å². The van der Waals surface area contributed by atoms with Gasteiger partial charge in [0.2, 0.25) is 100 Å². The number of aliphatic hydroxyl groups excluding tert-OH is 1. The Bertz CT molecular complexity index is 4990. The number of thioether (sulfide) groups is 1. The van der Waals surface area contributed by atoms with Crippen molar-refractivity contribution < 1.29 is 96.5 Å². The van der Waals surface area contributed by atoms with Gasteiger partial charge in [-0.3, -0.25) is 86.3 Å². The summed E-state index contributed by atoms with van der Waals surface area (Å²) in [6.07, 6.45) is 4.55. The van der Waals surface area contributed by atoms with Crippen molar-refractivity contribution >= 4 is 140 Å². The van der Waals surface area contributed by atoms with Crippen molar-refractivity contribution in [3.8, 4) is 0 Å². The summed E-state index contributed by atoms with van der Waals surface area (Å²) in [6, 6.07) is 1.77. The van der Waals surface area contributed by atoms with E-state index in [1.54, 1.807) is 112 Å². The molecule has 19 N–H and O–H groups in total. The van der Waals surface area contributed by atoms with Gasteiger partial charge in [0.05, 0.1) is 44.6 Å². The lowest BCUT2D eigenvalue weighted by molar-refractivity contribution is -0.150. The molecule has 6 aromatic rings. The fourth-order valence-electron chi connectivity index (χ4n) is 15.4. The van der Waals surface area contributed by atoms with Gasteiger partial charge in [0.15, 0.2) is 0 Å². The monoisotopic (exact) mass is 1810 g/mol. The largest absolute Gasteiger partial charge is 0.481 e. The summed E-state index contributed by atoms with van der Waals surface area (Å²) in [5.74, 6) is -19.4. The fourth-order valence-corrected chi connectivity index (χ4v) is 16.2. The lowest BCUT2D eigenvalue weighted by atomic mass is 10.00. The summed E-state index contributed by atoms with van der Waals surface area (Å²) >= 11 is 0.715. The third kappa shape index (κ3) is 28.9. The molecule has 2 saturated heterocycles. The molecule has 2 aliphatic rings. The van der Waals surface area contributed by atoms with Gasteiger partial charge in [0.1, 0.15) is 78.5 Å². The van der Waals surface area contributed by atoms with Crippen molar-refractivity contribution in [2.75, 3.05) is 65.9 Å². The number of nitrogens with two attached hydrogens (primary N) is 2. The minimum Gasteiger partial charge on any atom is -0.481 e. The van der Waals surface area contributed by atoms with Crippen LogP contribution in [0.2, 0.25) is 0 Å². The van der Waals surface area contributed by atoms with Crippen LogP contribution in [0.25, 0.3) is 21.8 Å². The number of benzene rings is 3. The van der Waals surface area contributed by atoms with E-state index in [1.165, 1.54) is 47.6 Å². The number of carboxylic acid groups (broad SMARTS) is 1. The average Bonchev–Trinajstić information content (AvgIpc) is 1.39. The van der Waals surface area contributed by atoms with Crippen molar-refractivity contribution in [3.63, 3.8) is 0 Å². The van der Waals surface area contributed by atoms with E-state index in [-0.39, 0.29) is 76.7 Å². The van der Waals surface area contributed by atoms with Crippen LogP contribution in [0.5, 0.6) is 0 Å². The van der Waals surface area contributed by atoms with Gasteiger partial charge in [-0.15, -0.1) is 11.8 Å². The number of carbonyl (C=O) groups excluding carboxylic acids is 17. The van der Waals surface area contributed by atoms with Gasteiger partial charge in [-0.2, -0.15) is 0 Å². The Morgan fingerprint density at radius 3 is 1.65 bits per heavy atom. The Balaban J connectivity index is 1.17. The van der Waals surface area contributed by atoms with Crippen LogP contribution >= 0.6 is 11.8 Å². The molecule has 0 bridgehead atoms. The second kappa shape index (κ2) is 48.6. The fraction of sp³-hybridized carbons (Fsp3) is 0.506. The van der Waals surface area contributed by atoms with Crippen molar-refractivity contribution in [3.05, 3.63) is 126 Å². The number of rotatable bonds is 24. The zero-order valence-corrected chi connectivity index (χ0v) is 74.6. The predicted molar refractivity (Wildman–Crippen MR) is 473 cm³/mol. The molecule has 0 radical (unpaired) electrons. The highest BCUT2D eigenvalue weighted by Crippen LogP contribution is 2.26. The highest BCUT2D eigenvalue weighted by Gasteiger charge is 2.44. The number of hydrogen-bond acceptors (Lipinski definition) is 21. The maximum Gasteiger partial charge on any atom is 0.305 e. The van der Waals surface area contributed by atoms with E-state index in [1.807, 2.05) is 6.92 Å². The topological polar surface area (TPSA) is 597 Å². The number of nitrogens with one attached hydrogen (secondary N) is 13. The quantitative estimate of drug-likeness (QED) is 0.0314. The number of aliphatic carboxylic acids is 1. The van der Waals surface area contributed by atoms with Crippen LogP contribution in [0.4, 0.5) is 0 Å². The molecular weight excluding hydrogens is 1690 g/mol. The second-order valence-electron chi connectivity index (χ2n) is 32.8. The van der Waals surface area contributed by atoms with Gasteiger partial charge in [-0.05, 0) is 73.8 Å². The Labute approximate surface area is 749 Å². The maximum absolute atomic E-state index is 15.6. The Morgan fingerprint density at radius 1 is 0.535 bits per heavy atom.